The zero-order valence-electron chi connectivity index (χ0n) is 13.4. The lowest BCUT2D eigenvalue weighted by Crippen LogP contribution is -2.42. The van der Waals surface area contributed by atoms with Crippen molar-refractivity contribution in [3.05, 3.63) is 41.7 Å². The van der Waals surface area contributed by atoms with Crippen molar-refractivity contribution in [1.82, 2.24) is 14.0 Å². The molecule has 1 atom stereocenters. The molecule has 1 aliphatic heterocycles. The van der Waals surface area contributed by atoms with Gasteiger partial charge in [-0.15, -0.1) is 0 Å². The zero-order chi connectivity index (χ0) is 17.2. The van der Waals surface area contributed by atoms with Crippen LogP contribution in [-0.2, 0) is 16.8 Å². The van der Waals surface area contributed by atoms with Crippen LogP contribution in [0.1, 0.15) is 24.0 Å². The van der Waals surface area contributed by atoms with Crippen molar-refractivity contribution in [2.24, 2.45) is 11.1 Å². The van der Waals surface area contributed by atoms with E-state index in [1.165, 1.54) is 0 Å². The van der Waals surface area contributed by atoms with Gasteiger partial charge in [0.1, 0.15) is 6.07 Å². The average Bonchev–Trinajstić information content (AvgIpc) is 2.89. The molecule has 0 radical (unpaired) electrons. The molecule has 1 fully saturated rings. The highest BCUT2D eigenvalue weighted by Crippen LogP contribution is 2.23. The first-order valence-electron chi connectivity index (χ1n) is 7.94. The van der Waals surface area contributed by atoms with Crippen LogP contribution >= 0.6 is 0 Å². The number of fused-ring (bicyclic) bond motifs is 1. The maximum absolute atomic E-state index is 11.0. The molecule has 0 unspecified atom stereocenters. The van der Waals surface area contributed by atoms with E-state index in [-0.39, 0.29) is 5.92 Å². The van der Waals surface area contributed by atoms with Crippen molar-refractivity contribution in [3.8, 4) is 6.07 Å². The molecular weight excluding hydrogens is 326 g/mol. The quantitative estimate of drug-likeness (QED) is 0.835. The Bertz CT molecular complexity index is 868. The number of nitrogens with one attached hydrogen (secondary N) is 1. The summed E-state index contributed by atoms with van der Waals surface area (Å²) in [7, 11) is -3.64. The Morgan fingerprint density at radius 1 is 1.42 bits per heavy atom. The lowest BCUT2D eigenvalue weighted by atomic mass is 9.98. The molecule has 3 rings (SSSR count). The molecule has 2 aromatic heterocycles. The van der Waals surface area contributed by atoms with E-state index < -0.39 is 10.2 Å². The molecule has 0 aromatic carbocycles. The molecule has 7 nitrogen and oxygen atoms in total. The summed E-state index contributed by atoms with van der Waals surface area (Å²) in [4.78, 5) is 2.27. The Morgan fingerprint density at radius 2 is 2.25 bits per heavy atom. The van der Waals surface area contributed by atoms with E-state index in [0.717, 1.165) is 37.0 Å². The summed E-state index contributed by atoms with van der Waals surface area (Å²) in [5.41, 5.74) is 2.63. The molecule has 1 saturated heterocycles. The minimum atomic E-state index is -3.64. The van der Waals surface area contributed by atoms with E-state index in [2.05, 4.69) is 15.7 Å². The molecule has 128 valence electrons. The fraction of sp³-hybridized carbons (Fsp3) is 0.438. The molecule has 8 heteroatoms. The van der Waals surface area contributed by atoms with Gasteiger partial charge >= 0.3 is 0 Å². The molecule has 0 amide bonds. The first kappa shape index (κ1) is 16.9. The topological polar surface area (TPSA) is 104 Å². The van der Waals surface area contributed by atoms with E-state index in [1.54, 1.807) is 0 Å². The Hall–Kier alpha value is -1.92. The van der Waals surface area contributed by atoms with Crippen LogP contribution in [0, 0.1) is 17.2 Å². The number of hydrogen-bond donors (Lipinski definition) is 2. The average molecular weight is 347 g/mol. The van der Waals surface area contributed by atoms with Gasteiger partial charge in [0.25, 0.3) is 10.2 Å². The fourth-order valence-electron chi connectivity index (χ4n) is 3.36. The minimum absolute atomic E-state index is 0.236. The van der Waals surface area contributed by atoms with Crippen LogP contribution in [0.3, 0.4) is 0 Å². The summed E-state index contributed by atoms with van der Waals surface area (Å²) in [6, 6.07) is 8.11. The van der Waals surface area contributed by atoms with Gasteiger partial charge in [-0.1, -0.05) is 6.07 Å². The van der Waals surface area contributed by atoms with E-state index >= 15 is 0 Å². The van der Waals surface area contributed by atoms with Crippen molar-refractivity contribution >= 4 is 15.7 Å². The van der Waals surface area contributed by atoms with Gasteiger partial charge in [0, 0.05) is 37.6 Å². The highest BCUT2D eigenvalue weighted by atomic mass is 32.2. The monoisotopic (exact) mass is 347 g/mol. The van der Waals surface area contributed by atoms with Crippen LogP contribution in [0.2, 0.25) is 0 Å². The number of hydrogen-bond acceptors (Lipinski definition) is 4. The first-order chi connectivity index (χ1) is 11.5. The molecule has 0 aliphatic carbocycles. The molecule has 0 bridgehead atoms. The molecule has 0 spiro atoms. The molecule has 1 aliphatic rings. The van der Waals surface area contributed by atoms with Gasteiger partial charge in [-0.3, -0.25) is 4.90 Å². The van der Waals surface area contributed by atoms with Gasteiger partial charge in [0.2, 0.25) is 0 Å². The molecule has 2 aromatic rings. The Morgan fingerprint density at radius 3 is 3.00 bits per heavy atom. The van der Waals surface area contributed by atoms with Crippen LogP contribution < -0.4 is 9.86 Å². The van der Waals surface area contributed by atoms with Crippen LogP contribution in [0.5, 0.6) is 0 Å². The Balaban J connectivity index is 1.71. The minimum Gasteiger partial charge on any atom is -0.322 e. The van der Waals surface area contributed by atoms with Gasteiger partial charge in [0.05, 0.1) is 11.1 Å². The van der Waals surface area contributed by atoms with Crippen molar-refractivity contribution in [2.75, 3.05) is 19.6 Å². The molecule has 3 heterocycles. The van der Waals surface area contributed by atoms with Gasteiger partial charge < -0.3 is 4.40 Å². The molecule has 3 N–H and O–H groups in total. The normalized spacial score (nSPS) is 19.4. The summed E-state index contributed by atoms with van der Waals surface area (Å²) in [6.07, 6.45) is 5.92. The third-order valence-corrected chi connectivity index (χ3v) is 5.01. The highest BCUT2D eigenvalue weighted by Gasteiger charge is 2.22. The number of likely N-dealkylation sites (tertiary alicyclic amines) is 1. The van der Waals surface area contributed by atoms with Gasteiger partial charge in [-0.05, 0) is 37.4 Å². The predicted molar refractivity (Wildman–Crippen MR) is 91.2 cm³/mol. The number of piperidine rings is 1. The second-order valence-corrected chi connectivity index (χ2v) is 7.65. The van der Waals surface area contributed by atoms with E-state index in [4.69, 9.17) is 5.14 Å². The number of nitrogens with two attached hydrogens (primary N) is 1. The summed E-state index contributed by atoms with van der Waals surface area (Å²) in [6.45, 7) is 2.79. The number of pyridine rings is 1. The highest BCUT2D eigenvalue weighted by molar-refractivity contribution is 7.87. The maximum Gasteiger partial charge on any atom is 0.274 e. The summed E-state index contributed by atoms with van der Waals surface area (Å²) in [5, 5.41) is 14.5. The van der Waals surface area contributed by atoms with E-state index in [0.29, 0.717) is 18.7 Å². The smallest absolute Gasteiger partial charge is 0.274 e. The van der Waals surface area contributed by atoms with Crippen LogP contribution in [-0.4, -0.2) is 37.4 Å². The largest absolute Gasteiger partial charge is 0.322 e. The lowest BCUT2D eigenvalue weighted by Gasteiger charge is -2.32. The number of rotatable bonds is 5. The SMILES string of the molecule is N#Cc1c(CN2CCC[C@H](CNS(N)(=O)=O)C2)cn2ccccc12. The van der Waals surface area contributed by atoms with Gasteiger partial charge in [0.15, 0.2) is 0 Å². The molecular formula is C16H21N5O2S. The summed E-state index contributed by atoms with van der Waals surface area (Å²) >= 11 is 0. The van der Waals surface area contributed by atoms with Crippen molar-refractivity contribution in [2.45, 2.75) is 19.4 Å². The van der Waals surface area contributed by atoms with E-state index in [1.807, 2.05) is 35.0 Å². The summed E-state index contributed by atoms with van der Waals surface area (Å²) in [5.74, 6) is 0.236. The number of aromatic nitrogens is 1. The second-order valence-electron chi connectivity index (χ2n) is 6.27. The van der Waals surface area contributed by atoms with Crippen LogP contribution in [0.25, 0.3) is 5.52 Å². The third-order valence-electron chi connectivity index (χ3n) is 4.44. The Kier molecular flexibility index (Phi) is 4.87. The molecule has 24 heavy (non-hydrogen) atoms. The number of nitrogens with zero attached hydrogens (tertiary/aromatic N) is 3. The third kappa shape index (κ3) is 3.94. The maximum atomic E-state index is 11.0. The van der Waals surface area contributed by atoms with Crippen LogP contribution in [0.4, 0.5) is 0 Å². The Labute approximate surface area is 141 Å². The lowest BCUT2D eigenvalue weighted by molar-refractivity contribution is 0.169. The standard InChI is InChI=1S/C16H21N5O2S/c17-8-15-14(12-21-7-2-1-5-16(15)21)11-20-6-3-4-13(10-20)9-19-24(18,22)23/h1-2,5,7,12-13,19H,3-4,6,9-11H2,(H2,18,22,23)/t13-/m1/s1. The number of nitriles is 1. The first-order valence-corrected chi connectivity index (χ1v) is 9.49. The predicted octanol–water partition coefficient (Wildman–Crippen LogP) is 0.816. The van der Waals surface area contributed by atoms with Crippen molar-refractivity contribution in [1.29, 1.82) is 5.26 Å². The zero-order valence-corrected chi connectivity index (χ0v) is 14.2. The summed E-state index contributed by atoms with van der Waals surface area (Å²) < 4.78 is 26.4. The van der Waals surface area contributed by atoms with Crippen LogP contribution in [0.15, 0.2) is 30.6 Å². The van der Waals surface area contributed by atoms with E-state index in [9.17, 15) is 13.7 Å². The second kappa shape index (κ2) is 6.91. The van der Waals surface area contributed by atoms with Gasteiger partial charge in [-0.2, -0.15) is 13.7 Å². The molecule has 0 saturated carbocycles. The van der Waals surface area contributed by atoms with Crippen molar-refractivity contribution < 1.29 is 8.42 Å². The fourth-order valence-corrected chi connectivity index (χ4v) is 3.83. The van der Waals surface area contributed by atoms with Gasteiger partial charge in [-0.25, -0.2) is 9.86 Å². The van der Waals surface area contributed by atoms with Crippen molar-refractivity contribution in [3.63, 3.8) is 0 Å².